The average molecular weight is 492 g/mol. The van der Waals surface area contributed by atoms with Gasteiger partial charge in [-0.15, -0.1) is 0 Å². The summed E-state index contributed by atoms with van der Waals surface area (Å²) >= 11 is 0. The van der Waals surface area contributed by atoms with Crippen molar-refractivity contribution in [1.29, 1.82) is 5.26 Å². The van der Waals surface area contributed by atoms with Crippen molar-refractivity contribution >= 4 is 17.9 Å². The Hall–Kier alpha value is -3.44. The summed E-state index contributed by atoms with van der Waals surface area (Å²) in [5, 5.41) is 18.4. The van der Waals surface area contributed by atoms with Crippen molar-refractivity contribution in [2.75, 3.05) is 31.6 Å². The number of anilines is 1. The van der Waals surface area contributed by atoms with Gasteiger partial charge in [0.25, 0.3) is 0 Å². The summed E-state index contributed by atoms with van der Waals surface area (Å²) in [6.45, 7) is 9.78. The van der Waals surface area contributed by atoms with Crippen molar-refractivity contribution in [1.82, 2.24) is 14.8 Å². The summed E-state index contributed by atoms with van der Waals surface area (Å²) < 4.78 is 0. The summed E-state index contributed by atoms with van der Waals surface area (Å²) in [6.07, 6.45) is 8.07. The van der Waals surface area contributed by atoms with Crippen LogP contribution in [0, 0.1) is 11.5 Å². The highest BCUT2D eigenvalue weighted by atomic mass is 16.3. The van der Waals surface area contributed by atoms with Crippen LogP contribution in [0.4, 0.5) is 5.69 Å². The number of aliphatic hydroxyl groups is 1. The van der Waals surface area contributed by atoms with Gasteiger partial charge in [-0.05, 0) is 48.9 Å². The minimum Gasteiger partial charge on any atom is -0.386 e. The van der Waals surface area contributed by atoms with E-state index in [0.29, 0.717) is 13.1 Å². The van der Waals surface area contributed by atoms with Gasteiger partial charge in [0.15, 0.2) is 6.19 Å². The second-order valence-electron chi connectivity index (χ2n) is 10.9. The number of aromatic nitrogens is 1. The van der Waals surface area contributed by atoms with Gasteiger partial charge in [-0.2, -0.15) is 5.26 Å². The van der Waals surface area contributed by atoms with Crippen LogP contribution in [-0.2, 0) is 15.0 Å². The van der Waals surface area contributed by atoms with Gasteiger partial charge in [-0.25, -0.2) is 0 Å². The quantitative estimate of drug-likeness (QED) is 0.506. The third kappa shape index (κ3) is 6.41. The highest BCUT2D eigenvalue weighted by molar-refractivity contribution is 5.87. The van der Waals surface area contributed by atoms with E-state index in [2.05, 4.69) is 50.0 Å². The number of nitrogens with zero attached hydrogens (tertiary/aromatic N) is 5. The standard InChI is InChI=1S/C22H29N3O2.C6H8N2O/c1-21(2,3)17-8-10-18(11-9-17)24(5)19(16-7-6-12-23-13-16)20(26)25-14-22(4,27)15-25;7-5-8-3-1-2-6(8)4-9/h6-13,19,27H,14-15H2,1-5H3;4,6H,1-3H2. The molecule has 2 aliphatic rings. The Morgan fingerprint density at radius 3 is 2.42 bits per heavy atom. The second kappa shape index (κ2) is 11.1. The highest BCUT2D eigenvalue weighted by Gasteiger charge is 2.43. The summed E-state index contributed by atoms with van der Waals surface area (Å²) in [6, 6.07) is 11.5. The Bertz CT molecular complexity index is 1070. The highest BCUT2D eigenvalue weighted by Crippen LogP contribution is 2.32. The zero-order chi connectivity index (χ0) is 26.5. The van der Waals surface area contributed by atoms with Gasteiger partial charge < -0.3 is 24.6 Å². The van der Waals surface area contributed by atoms with Crippen LogP contribution < -0.4 is 4.90 Å². The first-order chi connectivity index (χ1) is 17.0. The van der Waals surface area contributed by atoms with Crippen LogP contribution in [-0.4, -0.2) is 70.4 Å². The summed E-state index contributed by atoms with van der Waals surface area (Å²) in [5.74, 6) is -0.0167. The Labute approximate surface area is 214 Å². The predicted octanol–water partition coefficient (Wildman–Crippen LogP) is 3.28. The van der Waals surface area contributed by atoms with Crippen molar-refractivity contribution < 1.29 is 14.7 Å². The molecule has 2 aliphatic heterocycles. The van der Waals surface area contributed by atoms with Crippen molar-refractivity contribution in [3.63, 3.8) is 0 Å². The number of pyridine rings is 1. The minimum absolute atomic E-state index is 0.0167. The molecule has 1 amide bonds. The lowest BCUT2D eigenvalue weighted by Crippen LogP contribution is -2.63. The maximum atomic E-state index is 13.2. The number of carbonyl (C=O) groups is 2. The SMILES string of the molecule is CN(c1ccc(C(C)(C)C)cc1)C(C(=O)N1CC(C)(O)C1)c1cccnc1.N#CN1CCCC1C=O. The molecule has 1 aromatic carbocycles. The van der Waals surface area contributed by atoms with Gasteiger partial charge >= 0.3 is 0 Å². The van der Waals surface area contributed by atoms with Gasteiger partial charge in [0.1, 0.15) is 12.3 Å². The molecule has 2 fully saturated rings. The number of hydrogen-bond acceptors (Lipinski definition) is 7. The molecule has 8 nitrogen and oxygen atoms in total. The molecule has 0 radical (unpaired) electrons. The van der Waals surface area contributed by atoms with E-state index in [9.17, 15) is 14.7 Å². The zero-order valence-corrected chi connectivity index (χ0v) is 21.9. The van der Waals surface area contributed by atoms with Crippen LogP contribution in [0.1, 0.15) is 57.7 Å². The van der Waals surface area contributed by atoms with Gasteiger partial charge in [-0.1, -0.05) is 39.0 Å². The molecule has 36 heavy (non-hydrogen) atoms. The van der Waals surface area contributed by atoms with Crippen molar-refractivity contribution in [2.24, 2.45) is 0 Å². The number of nitriles is 1. The number of likely N-dealkylation sites (N-methyl/N-ethyl adjacent to an activating group) is 1. The Balaban J connectivity index is 0.000000338. The smallest absolute Gasteiger partial charge is 0.250 e. The lowest BCUT2D eigenvalue weighted by Gasteiger charge is -2.46. The summed E-state index contributed by atoms with van der Waals surface area (Å²) in [4.78, 5) is 32.8. The lowest BCUT2D eigenvalue weighted by molar-refractivity contribution is -0.153. The number of β-amino-alcohol motifs (C(OH)–C–C–N with tert-alkyl or cyclic N) is 1. The fraction of sp³-hybridized carbons (Fsp3) is 0.500. The minimum atomic E-state index is -0.790. The normalized spacial score (nSPS) is 19.3. The number of benzene rings is 1. The van der Waals surface area contributed by atoms with E-state index in [-0.39, 0.29) is 17.4 Å². The maximum absolute atomic E-state index is 13.2. The zero-order valence-electron chi connectivity index (χ0n) is 21.9. The molecule has 3 heterocycles. The fourth-order valence-electron chi connectivity index (χ4n) is 4.58. The first-order valence-electron chi connectivity index (χ1n) is 12.3. The van der Waals surface area contributed by atoms with Crippen molar-refractivity contribution in [3.05, 3.63) is 59.9 Å². The number of likely N-dealkylation sites (tertiary alicyclic amines) is 2. The first kappa shape index (κ1) is 27.2. The molecular formula is C28H37N5O3. The van der Waals surface area contributed by atoms with E-state index in [4.69, 9.17) is 5.26 Å². The molecule has 4 rings (SSSR count). The number of hydrogen-bond donors (Lipinski definition) is 1. The summed E-state index contributed by atoms with van der Waals surface area (Å²) in [7, 11) is 1.93. The van der Waals surface area contributed by atoms with Crippen LogP contribution in [0.3, 0.4) is 0 Å². The topological polar surface area (TPSA) is 101 Å². The Kier molecular flexibility index (Phi) is 8.36. The molecule has 192 valence electrons. The molecular weight excluding hydrogens is 454 g/mol. The summed E-state index contributed by atoms with van der Waals surface area (Å²) in [5.41, 5.74) is 2.36. The molecule has 2 unspecified atom stereocenters. The lowest BCUT2D eigenvalue weighted by atomic mass is 9.87. The number of aldehydes is 1. The second-order valence-corrected chi connectivity index (χ2v) is 10.9. The van der Waals surface area contributed by atoms with Crippen LogP contribution in [0.25, 0.3) is 0 Å². The molecule has 0 saturated carbocycles. The maximum Gasteiger partial charge on any atom is 0.250 e. The van der Waals surface area contributed by atoms with Crippen molar-refractivity contribution in [3.8, 4) is 6.19 Å². The van der Waals surface area contributed by atoms with Gasteiger partial charge in [0.05, 0.1) is 24.7 Å². The van der Waals surface area contributed by atoms with E-state index in [1.54, 1.807) is 24.2 Å². The molecule has 2 saturated heterocycles. The van der Waals surface area contributed by atoms with Crippen molar-refractivity contribution in [2.45, 2.75) is 63.6 Å². The van der Waals surface area contributed by atoms with E-state index in [1.807, 2.05) is 30.3 Å². The molecule has 0 spiro atoms. The Morgan fingerprint density at radius 1 is 1.28 bits per heavy atom. The van der Waals surface area contributed by atoms with Crippen LogP contribution >= 0.6 is 0 Å². The fourth-order valence-corrected chi connectivity index (χ4v) is 4.58. The molecule has 1 aromatic heterocycles. The molecule has 2 atom stereocenters. The third-order valence-electron chi connectivity index (χ3n) is 6.72. The van der Waals surface area contributed by atoms with Gasteiger partial charge in [0.2, 0.25) is 5.91 Å². The van der Waals surface area contributed by atoms with E-state index in [1.165, 1.54) is 10.5 Å². The van der Waals surface area contributed by atoms with Gasteiger partial charge in [0, 0.05) is 37.2 Å². The number of carbonyl (C=O) groups excluding carboxylic acids is 2. The molecule has 0 aliphatic carbocycles. The predicted molar refractivity (Wildman–Crippen MR) is 139 cm³/mol. The first-order valence-corrected chi connectivity index (χ1v) is 12.3. The largest absolute Gasteiger partial charge is 0.386 e. The monoisotopic (exact) mass is 491 g/mol. The molecule has 2 aromatic rings. The van der Waals surface area contributed by atoms with Crippen LogP contribution in [0.15, 0.2) is 48.8 Å². The van der Waals surface area contributed by atoms with E-state index < -0.39 is 11.6 Å². The number of rotatable bonds is 5. The van der Waals surface area contributed by atoms with Crippen LogP contribution in [0.5, 0.6) is 0 Å². The molecule has 1 N–H and O–H groups in total. The average Bonchev–Trinajstić information content (AvgIpc) is 3.31. The van der Waals surface area contributed by atoms with E-state index >= 15 is 0 Å². The van der Waals surface area contributed by atoms with Gasteiger partial charge in [-0.3, -0.25) is 9.78 Å². The third-order valence-corrected chi connectivity index (χ3v) is 6.72. The van der Waals surface area contributed by atoms with Crippen LogP contribution in [0.2, 0.25) is 0 Å². The molecule has 0 bridgehead atoms. The Morgan fingerprint density at radius 2 is 1.94 bits per heavy atom. The number of amides is 1. The molecule has 8 heteroatoms. The van der Waals surface area contributed by atoms with E-state index in [0.717, 1.165) is 36.9 Å².